The molecule has 1 N–H and O–H groups in total. The third-order valence-electron chi connectivity index (χ3n) is 4.23. The van der Waals surface area contributed by atoms with Crippen molar-refractivity contribution in [1.29, 1.82) is 0 Å². The fourth-order valence-corrected chi connectivity index (χ4v) is 2.93. The van der Waals surface area contributed by atoms with E-state index in [2.05, 4.69) is 16.9 Å². The zero-order valence-corrected chi connectivity index (χ0v) is 11.3. The average Bonchev–Trinajstić information content (AvgIpc) is 2.81. The predicted molar refractivity (Wildman–Crippen MR) is 71.5 cm³/mol. The number of halogens is 3. The normalized spacial score (nSPS) is 24.2. The first-order chi connectivity index (χ1) is 9.43. The van der Waals surface area contributed by atoms with Crippen LogP contribution in [0.15, 0.2) is 18.2 Å². The van der Waals surface area contributed by atoms with Crippen molar-refractivity contribution >= 4 is 11.0 Å². The van der Waals surface area contributed by atoms with Crippen molar-refractivity contribution in [2.75, 3.05) is 0 Å². The maximum Gasteiger partial charge on any atom is 0.416 e. The Hall–Kier alpha value is -1.52. The van der Waals surface area contributed by atoms with Crippen molar-refractivity contribution in [2.24, 2.45) is 5.92 Å². The molecule has 5 heteroatoms. The zero-order valence-electron chi connectivity index (χ0n) is 11.3. The highest BCUT2D eigenvalue weighted by atomic mass is 19.4. The fraction of sp³-hybridized carbons (Fsp3) is 0.533. The van der Waals surface area contributed by atoms with E-state index >= 15 is 0 Å². The van der Waals surface area contributed by atoms with Gasteiger partial charge in [-0.15, -0.1) is 0 Å². The predicted octanol–water partition coefficient (Wildman–Crippen LogP) is 4.88. The molecule has 1 saturated carbocycles. The molecular formula is C15H17F3N2. The van der Waals surface area contributed by atoms with Crippen LogP contribution >= 0.6 is 0 Å². The highest BCUT2D eigenvalue weighted by Gasteiger charge is 2.31. The molecule has 2 aromatic rings. The second kappa shape index (κ2) is 4.79. The summed E-state index contributed by atoms with van der Waals surface area (Å²) < 4.78 is 38.1. The van der Waals surface area contributed by atoms with Crippen LogP contribution in [0, 0.1) is 5.92 Å². The zero-order chi connectivity index (χ0) is 14.3. The van der Waals surface area contributed by atoms with Gasteiger partial charge in [-0.05, 0) is 37.0 Å². The van der Waals surface area contributed by atoms with Crippen molar-refractivity contribution in [3.05, 3.63) is 29.6 Å². The molecule has 0 saturated heterocycles. The van der Waals surface area contributed by atoms with Gasteiger partial charge in [0.1, 0.15) is 5.82 Å². The summed E-state index contributed by atoms with van der Waals surface area (Å²) in [6, 6.07) is 3.69. The van der Waals surface area contributed by atoms with E-state index in [1.807, 2.05) is 0 Å². The number of nitrogens with zero attached hydrogens (tertiary/aromatic N) is 1. The van der Waals surface area contributed by atoms with Gasteiger partial charge in [-0.2, -0.15) is 13.2 Å². The van der Waals surface area contributed by atoms with E-state index in [-0.39, 0.29) is 0 Å². The van der Waals surface area contributed by atoms with Gasteiger partial charge < -0.3 is 4.98 Å². The minimum absolute atomic E-state index is 0.355. The number of hydrogen-bond donors (Lipinski definition) is 1. The van der Waals surface area contributed by atoms with Crippen molar-refractivity contribution in [3.63, 3.8) is 0 Å². The summed E-state index contributed by atoms with van der Waals surface area (Å²) in [5.74, 6) is 1.94. The van der Waals surface area contributed by atoms with Crippen LogP contribution in [-0.2, 0) is 6.18 Å². The number of fused-ring (bicyclic) bond motifs is 1. The summed E-state index contributed by atoms with van der Waals surface area (Å²) in [7, 11) is 0. The van der Waals surface area contributed by atoms with Crippen LogP contribution in [0.1, 0.15) is 49.9 Å². The minimum atomic E-state index is -4.31. The maximum absolute atomic E-state index is 12.7. The van der Waals surface area contributed by atoms with E-state index in [9.17, 15) is 13.2 Å². The van der Waals surface area contributed by atoms with Gasteiger partial charge >= 0.3 is 6.18 Å². The smallest absolute Gasteiger partial charge is 0.342 e. The fourth-order valence-electron chi connectivity index (χ4n) is 2.93. The Bertz CT molecular complexity index is 607. The van der Waals surface area contributed by atoms with Crippen LogP contribution in [0.4, 0.5) is 13.2 Å². The molecule has 0 unspecified atom stereocenters. The molecule has 1 fully saturated rings. The molecule has 0 bridgehead atoms. The third-order valence-corrected chi connectivity index (χ3v) is 4.23. The average molecular weight is 282 g/mol. The molecule has 3 rings (SSSR count). The summed E-state index contributed by atoms with van der Waals surface area (Å²) in [6.45, 7) is 2.24. The van der Waals surface area contributed by atoms with Gasteiger partial charge in [0.05, 0.1) is 16.6 Å². The molecule has 0 radical (unpaired) electrons. The van der Waals surface area contributed by atoms with Crippen molar-refractivity contribution < 1.29 is 13.2 Å². The number of hydrogen-bond acceptors (Lipinski definition) is 1. The monoisotopic (exact) mass is 282 g/mol. The van der Waals surface area contributed by atoms with Crippen molar-refractivity contribution in [1.82, 2.24) is 9.97 Å². The lowest BCUT2D eigenvalue weighted by Gasteiger charge is -2.24. The van der Waals surface area contributed by atoms with E-state index in [1.54, 1.807) is 0 Å². The molecule has 20 heavy (non-hydrogen) atoms. The van der Waals surface area contributed by atoms with Crippen molar-refractivity contribution in [2.45, 2.75) is 44.7 Å². The Kier molecular flexibility index (Phi) is 3.22. The number of H-pyrrole nitrogens is 1. The van der Waals surface area contributed by atoms with Gasteiger partial charge in [0.2, 0.25) is 0 Å². The first-order valence-corrected chi connectivity index (χ1v) is 7.00. The molecular weight excluding hydrogens is 265 g/mol. The largest absolute Gasteiger partial charge is 0.416 e. The van der Waals surface area contributed by atoms with Crippen LogP contribution in [0.2, 0.25) is 0 Å². The molecule has 1 aromatic heterocycles. The summed E-state index contributed by atoms with van der Waals surface area (Å²) in [6.07, 6.45) is 0.144. The summed E-state index contributed by atoms with van der Waals surface area (Å²) in [5.41, 5.74) is 0.470. The molecule has 1 aliphatic carbocycles. The lowest BCUT2D eigenvalue weighted by molar-refractivity contribution is -0.137. The first-order valence-electron chi connectivity index (χ1n) is 7.00. The number of aromatic amines is 1. The summed E-state index contributed by atoms with van der Waals surface area (Å²) in [4.78, 5) is 7.54. The second-order valence-corrected chi connectivity index (χ2v) is 5.81. The lowest BCUT2D eigenvalue weighted by atomic mass is 9.83. The molecule has 108 valence electrons. The number of nitrogens with one attached hydrogen (secondary N) is 1. The standard InChI is InChI=1S/C15H17F3N2/c1-9-2-4-10(5-3-9)14-19-12-7-6-11(15(16,17)18)8-13(12)20-14/h6-10H,2-5H2,1H3,(H,19,20). The molecule has 0 aliphatic heterocycles. The SMILES string of the molecule is CC1CCC(c2nc3ccc(C(F)(F)F)cc3[nH]2)CC1. The Labute approximate surface area is 115 Å². The van der Waals surface area contributed by atoms with E-state index in [4.69, 9.17) is 0 Å². The van der Waals surface area contributed by atoms with Gasteiger partial charge in [-0.3, -0.25) is 0 Å². The Morgan fingerprint density at radius 3 is 2.50 bits per heavy atom. The molecule has 1 heterocycles. The second-order valence-electron chi connectivity index (χ2n) is 5.81. The van der Waals surface area contributed by atoms with E-state index in [0.717, 1.165) is 49.6 Å². The highest BCUT2D eigenvalue weighted by Crippen LogP contribution is 2.36. The lowest BCUT2D eigenvalue weighted by Crippen LogP contribution is -2.11. The number of rotatable bonds is 1. The summed E-state index contributed by atoms with van der Waals surface area (Å²) in [5, 5.41) is 0. The van der Waals surface area contributed by atoms with Gasteiger partial charge in [0, 0.05) is 5.92 Å². The Morgan fingerprint density at radius 2 is 1.85 bits per heavy atom. The van der Waals surface area contributed by atoms with Gasteiger partial charge in [0.25, 0.3) is 0 Å². The number of benzene rings is 1. The van der Waals surface area contributed by atoms with E-state index in [1.165, 1.54) is 6.07 Å². The molecule has 1 aromatic carbocycles. The third kappa shape index (κ3) is 2.53. The number of aromatic nitrogens is 2. The highest BCUT2D eigenvalue weighted by molar-refractivity contribution is 5.76. The van der Waals surface area contributed by atoms with E-state index < -0.39 is 11.7 Å². The Balaban J connectivity index is 1.91. The Morgan fingerprint density at radius 1 is 1.15 bits per heavy atom. The van der Waals surface area contributed by atoms with E-state index in [0.29, 0.717) is 17.0 Å². The molecule has 1 aliphatic rings. The van der Waals surface area contributed by atoms with Crippen LogP contribution in [0.3, 0.4) is 0 Å². The van der Waals surface area contributed by atoms with Crippen LogP contribution < -0.4 is 0 Å². The van der Waals surface area contributed by atoms with Gasteiger partial charge in [-0.1, -0.05) is 19.8 Å². The van der Waals surface area contributed by atoms with Crippen LogP contribution in [0.5, 0.6) is 0 Å². The van der Waals surface area contributed by atoms with Crippen molar-refractivity contribution in [3.8, 4) is 0 Å². The van der Waals surface area contributed by atoms with Crippen LogP contribution in [-0.4, -0.2) is 9.97 Å². The molecule has 0 atom stereocenters. The molecule has 0 amide bonds. The quantitative estimate of drug-likeness (QED) is 0.793. The minimum Gasteiger partial charge on any atom is -0.342 e. The first kappa shape index (κ1) is 13.5. The van der Waals surface area contributed by atoms with Crippen LogP contribution in [0.25, 0.3) is 11.0 Å². The maximum atomic E-state index is 12.7. The molecule has 2 nitrogen and oxygen atoms in total. The summed E-state index contributed by atoms with van der Waals surface area (Å²) >= 11 is 0. The number of alkyl halides is 3. The van der Waals surface area contributed by atoms with Gasteiger partial charge in [-0.25, -0.2) is 4.98 Å². The molecule has 0 spiro atoms. The number of imidazole rings is 1. The topological polar surface area (TPSA) is 28.7 Å². The van der Waals surface area contributed by atoms with Gasteiger partial charge in [0.15, 0.2) is 0 Å².